The van der Waals surface area contributed by atoms with Crippen molar-refractivity contribution in [3.63, 3.8) is 0 Å². The summed E-state index contributed by atoms with van der Waals surface area (Å²) in [5, 5.41) is 20.5. The summed E-state index contributed by atoms with van der Waals surface area (Å²) in [4.78, 5) is 2.02. The fourth-order valence-electron chi connectivity index (χ4n) is 3.16. The maximum Gasteiger partial charge on any atom is 0.250 e. The van der Waals surface area contributed by atoms with Crippen molar-refractivity contribution in [1.82, 2.24) is 4.72 Å². The van der Waals surface area contributed by atoms with E-state index in [9.17, 15) is 13.7 Å². The van der Waals surface area contributed by atoms with Gasteiger partial charge in [-0.2, -0.15) is 5.26 Å². The molecule has 30 heavy (non-hydrogen) atoms. The van der Waals surface area contributed by atoms with Crippen molar-refractivity contribution in [2.45, 2.75) is 33.6 Å². The summed E-state index contributed by atoms with van der Waals surface area (Å²) in [6.07, 6.45) is 3.54. The van der Waals surface area contributed by atoms with Crippen molar-refractivity contribution in [3.8, 4) is 6.07 Å². The molecule has 0 saturated carbocycles. The van der Waals surface area contributed by atoms with Gasteiger partial charge in [0.1, 0.15) is 6.07 Å². The molecule has 0 radical (unpaired) electrons. The lowest BCUT2D eigenvalue weighted by atomic mass is 10.1. The predicted octanol–water partition coefficient (Wildman–Crippen LogP) is 3.88. The van der Waals surface area contributed by atoms with Crippen LogP contribution in [0.25, 0.3) is 16.8 Å². The van der Waals surface area contributed by atoms with Gasteiger partial charge in [-0.3, -0.25) is 0 Å². The zero-order valence-corrected chi connectivity index (χ0v) is 18.7. The molecule has 0 bridgehead atoms. The Morgan fingerprint density at radius 2 is 1.80 bits per heavy atom. The standard InChI is InChI=1S/C23H31N3O3S/c1-4-10-26(11-5-2)22-9-8-20-12-19(6-7-21(20)14-22)13-23(15-24)30(28,29)25-16-18(3)17-27/h6-9,12-14,18,25,27H,4-5,10-11,16-17H2,1-3H3. The van der Waals surface area contributed by atoms with Gasteiger partial charge in [0.25, 0.3) is 10.0 Å². The molecule has 0 spiro atoms. The van der Waals surface area contributed by atoms with E-state index in [1.807, 2.05) is 24.3 Å². The Labute approximate surface area is 179 Å². The number of rotatable bonds is 11. The maximum atomic E-state index is 12.4. The van der Waals surface area contributed by atoms with Gasteiger partial charge in [-0.05, 0) is 59.4 Å². The SMILES string of the molecule is CCCN(CCC)c1ccc2cc(C=C(C#N)S(=O)(=O)NCC(C)CO)ccc2c1. The molecule has 0 amide bonds. The number of hydrogen-bond acceptors (Lipinski definition) is 5. The number of nitriles is 1. The second kappa shape index (κ2) is 11.1. The first-order chi connectivity index (χ1) is 14.3. The van der Waals surface area contributed by atoms with E-state index < -0.39 is 10.0 Å². The third kappa shape index (κ3) is 6.30. The van der Waals surface area contributed by atoms with E-state index in [4.69, 9.17) is 5.11 Å². The Morgan fingerprint density at radius 1 is 1.17 bits per heavy atom. The van der Waals surface area contributed by atoms with Gasteiger partial charge < -0.3 is 10.0 Å². The number of anilines is 1. The van der Waals surface area contributed by atoms with E-state index in [0.717, 1.165) is 36.7 Å². The van der Waals surface area contributed by atoms with Crippen LogP contribution in [0.5, 0.6) is 0 Å². The van der Waals surface area contributed by atoms with E-state index in [0.29, 0.717) is 5.56 Å². The van der Waals surface area contributed by atoms with Gasteiger partial charge in [0.15, 0.2) is 4.91 Å². The molecule has 1 atom stereocenters. The number of benzene rings is 2. The molecule has 7 heteroatoms. The molecule has 0 saturated heterocycles. The van der Waals surface area contributed by atoms with Gasteiger partial charge in [0, 0.05) is 31.9 Å². The van der Waals surface area contributed by atoms with Crippen molar-refractivity contribution in [3.05, 3.63) is 46.9 Å². The summed E-state index contributed by atoms with van der Waals surface area (Å²) in [6.45, 7) is 8.01. The Morgan fingerprint density at radius 3 is 2.40 bits per heavy atom. The van der Waals surface area contributed by atoms with Gasteiger partial charge in [-0.25, -0.2) is 13.1 Å². The van der Waals surface area contributed by atoms with Crippen LogP contribution >= 0.6 is 0 Å². The molecule has 2 rings (SSSR count). The lowest BCUT2D eigenvalue weighted by Gasteiger charge is -2.24. The second-order valence-electron chi connectivity index (χ2n) is 7.54. The lowest BCUT2D eigenvalue weighted by molar-refractivity contribution is 0.239. The minimum Gasteiger partial charge on any atom is -0.396 e. The second-order valence-corrected chi connectivity index (χ2v) is 9.27. The van der Waals surface area contributed by atoms with Crippen LogP contribution in [-0.4, -0.2) is 39.8 Å². The molecule has 2 aromatic carbocycles. The molecule has 0 aliphatic rings. The van der Waals surface area contributed by atoms with Gasteiger partial charge in [0.05, 0.1) is 0 Å². The number of hydrogen-bond donors (Lipinski definition) is 2. The van der Waals surface area contributed by atoms with E-state index in [2.05, 4.69) is 35.6 Å². The fraction of sp³-hybridized carbons (Fsp3) is 0.435. The normalized spacial score (nSPS) is 13.2. The zero-order chi connectivity index (χ0) is 22.1. The molecule has 0 aliphatic carbocycles. The maximum absolute atomic E-state index is 12.4. The van der Waals surface area contributed by atoms with E-state index in [-0.39, 0.29) is 24.0 Å². The summed E-state index contributed by atoms with van der Waals surface area (Å²) in [7, 11) is -3.93. The average Bonchev–Trinajstić information content (AvgIpc) is 2.75. The minimum absolute atomic E-state index is 0.0738. The Kier molecular flexibility index (Phi) is 8.85. The van der Waals surface area contributed by atoms with Crippen molar-refractivity contribution in [1.29, 1.82) is 5.26 Å². The van der Waals surface area contributed by atoms with Crippen molar-refractivity contribution < 1.29 is 13.5 Å². The first kappa shape index (κ1) is 23.9. The number of aliphatic hydroxyl groups is 1. The highest BCUT2D eigenvalue weighted by molar-refractivity contribution is 7.93. The number of nitrogens with zero attached hydrogens (tertiary/aromatic N) is 2. The van der Waals surface area contributed by atoms with Gasteiger partial charge in [-0.1, -0.05) is 39.0 Å². The summed E-state index contributed by atoms with van der Waals surface area (Å²) in [5.41, 5.74) is 1.82. The van der Waals surface area contributed by atoms with Crippen LogP contribution in [-0.2, 0) is 10.0 Å². The Bertz CT molecular complexity index is 1020. The molecule has 6 nitrogen and oxygen atoms in total. The van der Waals surface area contributed by atoms with Crippen LogP contribution < -0.4 is 9.62 Å². The van der Waals surface area contributed by atoms with E-state index >= 15 is 0 Å². The molecule has 1 unspecified atom stereocenters. The molecule has 2 aromatic rings. The molecule has 162 valence electrons. The monoisotopic (exact) mass is 429 g/mol. The highest BCUT2D eigenvalue weighted by Crippen LogP contribution is 2.25. The first-order valence-corrected chi connectivity index (χ1v) is 11.8. The molecule has 0 fully saturated rings. The van der Waals surface area contributed by atoms with Crippen LogP contribution in [0.4, 0.5) is 5.69 Å². The topological polar surface area (TPSA) is 93.4 Å². The van der Waals surface area contributed by atoms with Crippen molar-refractivity contribution in [2.75, 3.05) is 31.1 Å². The van der Waals surface area contributed by atoms with E-state index in [1.54, 1.807) is 13.0 Å². The Balaban J connectivity index is 2.31. The third-order valence-corrected chi connectivity index (χ3v) is 6.17. The minimum atomic E-state index is -3.93. The smallest absolute Gasteiger partial charge is 0.250 e. The van der Waals surface area contributed by atoms with Gasteiger partial charge in [0.2, 0.25) is 0 Å². The summed E-state index contributed by atoms with van der Waals surface area (Å²) >= 11 is 0. The van der Waals surface area contributed by atoms with Crippen LogP contribution in [0.1, 0.15) is 39.2 Å². The number of allylic oxidation sites excluding steroid dienone is 1. The zero-order valence-electron chi connectivity index (χ0n) is 17.9. The predicted molar refractivity (Wildman–Crippen MR) is 124 cm³/mol. The fourth-order valence-corrected chi connectivity index (χ4v) is 4.23. The lowest BCUT2D eigenvalue weighted by Crippen LogP contribution is -2.30. The summed E-state index contributed by atoms with van der Waals surface area (Å²) in [6, 6.07) is 13.7. The largest absolute Gasteiger partial charge is 0.396 e. The molecular formula is C23H31N3O3S. The number of nitrogens with one attached hydrogen (secondary N) is 1. The quantitative estimate of drug-likeness (QED) is 0.529. The number of aliphatic hydroxyl groups excluding tert-OH is 1. The number of sulfonamides is 1. The molecular weight excluding hydrogens is 398 g/mol. The first-order valence-electron chi connectivity index (χ1n) is 10.4. The van der Waals surface area contributed by atoms with Crippen LogP contribution in [0.2, 0.25) is 0 Å². The molecule has 0 heterocycles. The molecule has 0 aliphatic heterocycles. The molecule has 0 aromatic heterocycles. The van der Waals surface area contributed by atoms with Crippen LogP contribution in [0.15, 0.2) is 41.3 Å². The van der Waals surface area contributed by atoms with Gasteiger partial charge in [-0.15, -0.1) is 0 Å². The third-order valence-electron chi connectivity index (χ3n) is 4.83. The van der Waals surface area contributed by atoms with Crippen LogP contribution in [0.3, 0.4) is 0 Å². The summed E-state index contributed by atoms with van der Waals surface area (Å²) in [5.74, 6) is -0.227. The van der Waals surface area contributed by atoms with Crippen molar-refractivity contribution in [2.24, 2.45) is 5.92 Å². The van der Waals surface area contributed by atoms with E-state index in [1.165, 1.54) is 11.8 Å². The summed E-state index contributed by atoms with van der Waals surface area (Å²) < 4.78 is 27.2. The van der Waals surface area contributed by atoms with Crippen molar-refractivity contribution >= 4 is 32.6 Å². The highest BCUT2D eigenvalue weighted by atomic mass is 32.2. The average molecular weight is 430 g/mol. The van der Waals surface area contributed by atoms with Gasteiger partial charge >= 0.3 is 0 Å². The highest BCUT2D eigenvalue weighted by Gasteiger charge is 2.18. The number of fused-ring (bicyclic) bond motifs is 1. The molecule has 2 N–H and O–H groups in total. The Hall–Kier alpha value is -2.40. The van der Waals surface area contributed by atoms with Crippen LogP contribution in [0, 0.1) is 17.2 Å².